The van der Waals surface area contributed by atoms with E-state index in [9.17, 15) is 13.2 Å². The lowest BCUT2D eigenvalue weighted by Crippen LogP contribution is -2.21. The molecule has 0 aliphatic heterocycles. The second-order valence-electron chi connectivity index (χ2n) is 3.27. The fourth-order valence-electron chi connectivity index (χ4n) is 1.21. The summed E-state index contributed by atoms with van der Waals surface area (Å²) in [5, 5.41) is 5.96. The molecule has 0 unspecified atom stereocenters. The summed E-state index contributed by atoms with van der Waals surface area (Å²) < 4.78 is 36.0. The Morgan fingerprint density at radius 1 is 1.29 bits per heavy atom. The maximum Gasteiger partial charge on any atom is 0.405 e. The molecule has 17 heavy (non-hydrogen) atoms. The molecule has 0 fully saturated rings. The van der Waals surface area contributed by atoms with Crippen molar-refractivity contribution in [2.45, 2.75) is 6.18 Å². The average Bonchev–Trinajstić information content (AvgIpc) is 2.79. The summed E-state index contributed by atoms with van der Waals surface area (Å²) in [6, 6.07) is 3.34. The van der Waals surface area contributed by atoms with Crippen LogP contribution in [0, 0.1) is 0 Å². The smallest absolute Gasteiger partial charge is 0.361 e. The lowest BCUT2D eigenvalue weighted by Gasteiger charge is -2.08. The highest BCUT2D eigenvalue weighted by atomic mass is 32.1. The predicted molar refractivity (Wildman–Crippen MR) is 59.9 cm³/mol. The molecule has 3 nitrogen and oxygen atoms in total. The van der Waals surface area contributed by atoms with Crippen LogP contribution < -0.4 is 5.32 Å². The molecule has 0 bridgehead atoms. The van der Waals surface area contributed by atoms with Gasteiger partial charge in [0.25, 0.3) is 0 Å². The summed E-state index contributed by atoms with van der Waals surface area (Å²) in [7, 11) is 0. The molecule has 0 spiro atoms. The second-order valence-corrected chi connectivity index (χ2v) is 4.05. The molecule has 2 rings (SSSR count). The monoisotopic (exact) mass is 259 g/mol. The molecule has 90 valence electrons. The van der Waals surface area contributed by atoms with Crippen molar-refractivity contribution < 1.29 is 13.2 Å². The number of nitrogens with zero attached hydrogens (tertiary/aromatic N) is 2. The van der Waals surface area contributed by atoms with Crippen molar-refractivity contribution >= 4 is 17.2 Å². The van der Waals surface area contributed by atoms with Gasteiger partial charge in [-0.3, -0.25) is 0 Å². The summed E-state index contributed by atoms with van der Waals surface area (Å²) in [5.74, 6) is 0.165. The largest absolute Gasteiger partial charge is 0.405 e. The third-order valence-electron chi connectivity index (χ3n) is 1.95. The minimum Gasteiger partial charge on any atom is -0.361 e. The van der Waals surface area contributed by atoms with Crippen molar-refractivity contribution in [2.24, 2.45) is 0 Å². The number of rotatable bonds is 3. The van der Waals surface area contributed by atoms with Gasteiger partial charge in [0, 0.05) is 17.0 Å². The van der Waals surface area contributed by atoms with Crippen molar-refractivity contribution in [1.29, 1.82) is 0 Å². The van der Waals surface area contributed by atoms with Gasteiger partial charge in [-0.15, -0.1) is 0 Å². The molecule has 0 saturated heterocycles. The van der Waals surface area contributed by atoms with Crippen molar-refractivity contribution in [1.82, 2.24) is 9.97 Å². The fourth-order valence-corrected chi connectivity index (χ4v) is 1.86. The number of aromatic nitrogens is 2. The topological polar surface area (TPSA) is 37.8 Å². The zero-order valence-corrected chi connectivity index (χ0v) is 9.35. The van der Waals surface area contributed by atoms with E-state index in [2.05, 4.69) is 15.3 Å². The first-order valence-electron chi connectivity index (χ1n) is 4.70. The Balaban J connectivity index is 2.12. The summed E-state index contributed by atoms with van der Waals surface area (Å²) in [5.41, 5.74) is 1.47. The minimum absolute atomic E-state index is 0.165. The van der Waals surface area contributed by atoms with Gasteiger partial charge in [-0.1, -0.05) is 0 Å². The van der Waals surface area contributed by atoms with Crippen LogP contribution in [0.25, 0.3) is 11.3 Å². The molecule has 0 aliphatic carbocycles. The number of anilines is 1. The third-order valence-corrected chi connectivity index (χ3v) is 2.64. The Morgan fingerprint density at radius 2 is 2.12 bits per heavy atom. The van der Waals surface area contributed by atoms with Gasteiger partial charge in [-0.05, 0) is 11.4 Å². The normalized spacial score (nSPS) is 11.5. The van der Waals surface area contributed by atoms with Crippen LogP contribution in [-0.2, 0) is 0 Å². The van der Waals surface area contributed by atoms with E-state index >= 15 is 0 Å². The molecule has 2 aromatic rings. The first-order chi connectivity index (χ1) is 8.04. The lowest BCUT2D eigenvalue weighted by molar-refractivity contribution is -0.115. The molecule has 0 aliphatic rings. The van der Waals surface area contributed by atoms with Crippen LogP contribution in [0.5, 0.6) is 0 Å². The van der Waals surface area contributed by atoms with Gasteiger partial charge >= 0.3 is 6.18 Å². The van der Waals surface area contributed by atoms with Crippen LogP contribution in [0.1, 0.15) is 0 Å². The average molecular weight is 259 g/mol. The van der Waals surface area contributed by atoms with Gasteiger partial charge in [-0.2, -0.15) is 24.5 Å². The summed E-state index contributed by atoms with van der Waals surface area (Å²) in [4.78, 5) is 7.73. The number of thiophene rings is 1. The van der Waals surface area contributed by atoms with Crippen molar-refractivity contribution in [3.63, 3.8) is 0 Å². The number of alkyl halides is 3. The van der Waals surface area contributed by atoms with Crippen LogP contribution in [-0.4, -0.2) is 22.7 Å². The van der Waals surface area contributed by atoms with Crippen molar-refractivity contribution in [3.05, 3.63) is 29.2 Å². The van der Waals surface area contributed by atoms with Crippen LogP contribution in [0.3, 0.4) is 0 Å². The number of hydrogen-bond acceptors (Lipinski definition) is 4. The number of nitrogens with one attached hydrogen (secondary N) is 1. The lowest BCUT2D eigenvalue weighted by atomic mass is 10.2. The van der Waals surface area contributed by atoms with Gasteiger partial charge in [-0.25, -0.2) is 9.97 Å². The standard InChI is InChI=1S/C10H8F3N3S/c11-10(12,13)5-14-9-3-8(15-6-16-9)7-1-2-17-4-7/h1-4,6H,5H2,(H,14,15,16). The summed E-state index contributed by atoms with van der Waals surface area (Å²) in [6.45, 7) is -1.10. The molecule has 0 amide bonds. The Bertz CT molecular complexity index is 482. The molecule has 0 atom stereocenters. The summed E-state index contributed by atoms with van der Waals surface area (Å²) in [6.07, 6.45) is -3.01. The Hall–Kier alpha value is -1.63. The second kappa shape index (κ2) is 4.70. The number of halogens is 3. The van der Waals surface area contributed by atoms with Gasteiger partial charge in [0.15, 0.2) is 0 Å². The number of hydrogen-bond donors (Lipinski definition) is 1. The Labute approximate surface area is 99.3 Å². The highest BCUT2D eigenvalue weighted by molar-refractivity contribution is 7.08. The van der Waals surface area contributed by atoms with Gasteiger partial charge < -0.3 is 5.32 Å². The Morgan fingerprint density at radius 3 is 2.76 bits per heavy atom. The van der Waals surface area contributed by atoms with Gasteiger partial charge in [0.05, 0.1) is 5.69 Å². The quantitative estimate of drug-likeness (QED) is 0.920. The predicted octanol–water partition coefficient (Wildman–Crippen LogP) is 3.18. The molecule has 0 saturated carbocycles. The molecule has 2 aromatic heterocycles. The van der Waals surface area contributed by atoms with Crippen LogP contribution in [0.2, 0.25) is 0 Å². The Kier molecular flexibility index (Phi) is 3.28. The van der Waals surface area contributed by atoms with E-state index in [0.717, 1.165) is 5.56 Å². The maximum atomic E-state index is 12.0. The van der Waals surface area contributed by atoms with E-state index in [1.807, 2.05) is 16.8 Å². The molecule has 2 heterocycles. The summed E-state index contributed by atoms with van der Waals surface area (Å²) >= 11 is 1.50. The molecule has 0 radical (unpaired) electrons. The highest BCUT2D eigenvalue weighted by Gasteiger charge is 2.26. The minimum atomic E-state index is -4.26. The van der Waals surface area contributed by atoms with Crippen LogP contribution in [0.15, 0.2) is 29.2 Å². The molecular weight excluding hydrogens is 251 g/mol. The molecular formula is C10H8F3N3S. The van der Waals surface area contributed by atoms with E-state index in [1.165, 1.54) is 23.7 Å². The van der Waals surface area contributed by atoms with E-state index < -0.39 is 12.7 Å². The first-order valence-corrected chi connectivity index (χ1v) is 5.64. The first kappa shape index (κ1) is 11.8. The van der Waals surface area contributed by atoms with Crippen molar-refractivity contribution in [3.8, 4) is 11.3 Å². The van der Waals surface area contributed by atoms with Gasteiger partial charge in [0.2, 0.25) is 0 Å². The highest BCUT2D eigenvalue weighted by Crippen LogP contribution is 2.22. The SMILES string of the molecule is FC(F)(F)CNc1cc(-c2ccsc2)ncn1. The van der Waals surface area contributed by atoms with Crippen LogP contribution >= 0.6 is 11.3 Å². The third kappa shape index (κ3) is 3.42. The van der Waals surface area contributed by atoms with Crippen LogP contribution in [0.4, 0.5) is 19.0 Å². The zero-order valence-electron chi connectivity index (χ0n) is 8.53. The fraction of sp³-hybridized carbons (Fsp3) is 0.200. The zero-order chi connectivity index (χ0) is 12.3. The molecule has 0 aromatic carbocycles. The van der Waals surface area contributed by atoms with E-state index in [0.29, 0.717) is 5.69 Å². The molecule has 1 N–H and O–H groups in total. The van der Waals surface area contributed by atoms with E-state index in [1.54, 1.807) is 0 Å². The van der Waals surface area contributed by atoms with Crippen molar-refractivity contribution in [2.75, 3.05) is 11.9 Å². The van der Waals surface area contributed by atoms with E-state index in [4.69, 9.17) is 0 Å². The van der Waals surface area contributed by atoms with Gasteiger partial charge in [0.1, 0.15) is 18.7 Å². The van der Waals surface area contributed by atoms with E-state index in [-0.39, 0.29) is 5.82 Å². The molecule has 7 heteroatoms. The maximum absolute atomic E-state index is 12.0.